The summed E-state index contributed by atoms with van der Waals surface area (Å²) in [7, 11) is 0. The highest BCUT2D eigenvalue weighted by Gasteiger charge is 2.23. The largest absolute Gasteiger partial charge is 0.481 e. The Labute approximate surface area is 176 Å². The van der Waals surface area contributed by atoms with Crippen LogP contribution in [0, 0.1) is 11.8 Å². The molecule has 3 aliphatic rings. The zero-order valence-corrected chi connectivity index (χ0v) is 16.9. The van der Waals surface area contributed by atoms with E-state index in [-0.39, 0.29) is 6.79 Å². The van der Waals surface area contributed by atoms with Gasteiger partial charge in [-0.1, -0.05) is 5.92 Å². The fourth-order valence-electron chi connectivity index (χ4n) is 3.97. The fourth-order valence-corrected chi connectivity index (χ4v) is 3.97. The van der Waals surface area contributed by atoms with Crippen molar-refractivity contribution in [2.24, 2.45) is 0 Å². The van der Waals surface area contributed by atoms with E-state index < -0.39 is 0 Å². The van der Waals surface area contributed by atoms with Gasteiger partial charge in [0.25, 0.3) is 0 Å². The van der Waals surface area contributed by atoms with Crippen LogP contribution in [0.15, 0.2) is 36.4 Å². The van der Waals surface area contributed by atoms with Gasteiger partial charge in [0.1, 0.15) is 51.6 Å². The van der Waals surface area contributed by atoms with Crippen LogP contribution < -0.4 is 33.5 Å². The van der Waals surface area contributed by atoms with Crippen LogP contribution >= 0.6 is 0 Å². The first-order valence-corrected chi connectivity index (χ1v) is 10.4. The van der Waals surface area contributed by atoms with Gasteiger partial charge in [-0.2, -0.15) is 0 Å². The zero-order valence-electron chi connectivity index (χ0n) is 16.9. The standard InChI is InChI=1S/C23H24N2O5/c1(2-12-26-19-4-6-21-23(14-19)30-17-28-21)7-24-8-10-25(11-9-24)15-18-3-5-20-22(13-18)29-16-27-20/h3-6,13-14H,7-12,15-17H2/p+2. The van der Waals surface area contributed by atoms with Gasteiger partial charge >= 0.3 is 0 Å². The molecule has 3 aliphatic heterocycles. The van der Waals surface area contributed by atoms with Gasteiger partial charge in [0.15, 0.2) is 23.0 Å². The predicted octanol–water partition coefficient (Wildman–Crippen LogP) is -0.490. The molecule has 0 radical (unpaired) electrons. The molecule has 1 saturated heterocycles. The second-order valence-electron chi connectivity index (χ2n) is 7.70. The van der Waals surface area contributed by atoms with Crippen LogP contribution in [0.1, 0.15) is 5.56 Å². The maximum Gasteiger partial charge on any atom is 0.231 e. The van der Waals surface area contributed by atoms with E-state index in [9.17, 15) is 0 Å². The topological polar surface area (TPSA) is 55.0 Å². The molecule has 1 fully saturated rings. The molecule has 0 amide bonds. The Kier molecular flexibility index (Phi) is 5.51. The SMILES string of the molecule is C(#CC[NH+]1CC[NH+](Cc2ccc3c(c2)OCO3)CC1)COc1ccc2c(c1)OCO2. The van der Waals surface area contributed by atoms with Crippen molar-refractivity contribution in [3.05, 3.63) is 42.0 Å². The van der Waals surface area contributed by atoms with Crippen LogP contribution in [0.5, 0.6) is 28.7 Å². The molecule has 2 N–H and O–H groups in total. The van der Waals surface area contributed by atoms with E-state index in [2.05, 4.69) is 24.0 Å². The highest BCUT2D eigenvalue weighted by atomic mass is 16.7. The minimum Gasteiger partial charge on any atom is -0.481 e. The molecule has 30 heavy (non-hydrogen) atoms. The van der Waals surface area contributed by atoms with Crippen LogP contribution in [0.4, 0.5) is 0 Å². The van der Waals surface area contributed by atoms with Crippen molar-refractivity contribution < 1.29 is 33.5 Å². The monoisotopic (exact) mass is 410 g/mol. The lowest BCUT2D eigenvalue weighted by Crippen LogP contribution is -3.27. The number of ether oxygens (including phenoxy) is 5. The maximum absolute atomic E-state index is 5.69. The Morgan fingerprint density at radius 2 is 1.40 bits per heavy atom. The molecule has 0 atom stereocenters. The van der Waals surface area contributed by atoms with Crippen molar-refractivity contribution in [1.82, 2.24) is 0 Å². The first kappa shape index (κ1) is 18.9. The van der Waals surface area contributed by atoms with Gasteiger partial charge in [-0.25, -0.2) is 0 Å². The smallest absolute Gasteiger partial charge is 0.231 e. The van der Waals surface area contributed by atoms with Gasteiger partial charge in [-0.3, -0.25) is 0 Å². The number of hydrogen-bond donors (Lipinski definition) is 2. The summed E-state index contributed by atoms with van der Waals surface area (Å²) in [6, 6.07) is 11.9. The van der Waals surface area contributed by atoms with Crippen LogP contribution in [-0.2, 0) is 6.54 Å². The van der Waals surface area contributed by atoms with Gasteiger partial charge in [-0.15, -0.1) is 0 Å². The Balaban J connectivity index is 1.02. The summed E-state index contributed by atoms with van der Waals surface area (Å²) >= 11 is 0. The van der Waals surface area contributed by atoms with Gasteiger partial charge in [0, 0.05) is 11.6 Å². The molecule has 7 heteroatoms. The lowest BCUT2D eigenvalue weighted by Gasteiger charge is -2.28. The number of piperazine rings is 1. The lowest BCUT2D eigenvalue weighted by molar-refractivity contribution is -1.02. The molecule has 2 aromatic carbocycles. The molecule has 0 spiro atoms. The summed E-state index contributed by atoms with van der Waals surface area (Å²) in [5.74, 6) is 10.4. The van der Waals surface area contributed by atoms with Crippen LogP contribution in [0.2, 0.25) is 0 Å². The summed E-state index contributed by atoms with van der Waals surface area (Å²) in [5, 5.41) is 0. The van der Waals surface area contributed by atoms with Crippen molar-refractivity contribution in [3.63, 3.8) is 0 Å². The highest BCUT2D eigenvalue weighted by molar-refractivity contribution is 5.47. The second-order valence-corrected chi connectivity index (χ2v) is 7.70. The van der Waals surface area contributed by atoms with Crippen molar-refractivity contribution in [1.29, 1.82) is 0 Å². The number of quaternary nitrogens is 2. The molecule has 2 aromatic rings. The third-order valence-electron chi connectivity index (χ3n) is 5.67. The molecule has 3 heterocycles. The van der Waals surface area contributed by atoms with E-state index in [0.29, 0.717) is 13.4 Å². The van der Waals surface area contributed by atoms with Crippen molar-refractivity contribution in [2.45, 2.75) is 6.54 Å². The molecule has 0 saturated carbocycles. The van der Waals surface area contributed by atoms with Crippen LogP contribution in [-0.4, -0.2) is 52.9 Å². The molecule has 7 nitrogen and oxygen atoms in total. The van der Waals surface area contributed by atoms with Gasteiger partial charge in [0.2, 0.25) is 13.6 Å². The molecule has 0 aliphatic carbocycles. The normalized spacial score (nSPS) is 21.1. The number of benzene rings is 2. The molecule has 156 valence electrons. The quantitative estimate of drug-likeness (QED) is 0.652. The van der Waals surface area contributed by atoms with Crippen LogP contribution in [0.25, 0.3) is 0 Å². The number of fused-ring (bicyclic) bond motifs is 2. The molecule has 0 unspecified atom stereocenters. The molecule has 5 rings (SSSR count). The van der Waals surface area contributed by atoms with Gasteiger partial charge in [-0.05, 0) is 36.3 Å². The van der Waals surface area contributed by atoms with E-state index in [0.717, 1.165) is 68.0 Å². The molecule has 0 aromatic heterocycles. The van der Waals surface area contributed by atoms with Crippen molar-refractivity contribution in [3.8, 4) is 40.6 Å². The second kappa shape index (κ2) is 8.74. The summed E-state index contributed by atoms with van der Waals surface area (Å²) in [6.45, 7) is 7.45. The molecule has 0 bridgehead atoms. The van der Waals surface area contributed by atoms with Gasteiger partial charge < -0.3 is 33.5 Å². The minimum atomic E-state index is 0.271. The first-order chi connectivity index (χ1) is 14.8. The Bertz CT molecular complexity index is 960. The molecular weight excluding hydrogens is 384 g/mol. The zero-order chi connectivity index (χ0) is 20.2. The van der Waals surface area contributed by atoms with Crippen LogP contribution in [0.3, 0.4) is 0 Å². The average molecular weight is 410 g/mol. The number of nitrogens with one attached hydrogen (secondary N) is 2. The molecular formula is C23H26N2O5+2. The lowest BCUT2D eigenvalue weighted by atomic mass is 10.1. The summed E-state index contributed by atoms with van der Waals surface area (Å²) < 4.78 is 27.2. The first-order valence-electron chi connectivity index (χ1n) is 10.4. The predicted molar refractivity (Wildman–Crippen MR) is 108 cm³/mol. The van der Waals surface area contributed by atoms with E-state index in [4.69, 9.17) is 23.7 Å². The fraction of sp³-hybridized carbons (Fsp3) is 0.391. The van der Waals surface area contributed by atoms with E-state index in [1.165, 1.54) is 5.56 Å². The van der Waals surface area contributed by atoms with Crippen molar-refractivity contribution >= 4 is 0 Å². The third-order valence-corrected chi connectivity index (χ3v) is 5.67. The number of hydrogen-bond acceptors (Lipinski definition) is 5. The maximum atomic E-state index is 5.69. The Hall–Kier alpha value is -3.08. The third kappa shape index (κ3) is 4.40. The summed E-state index contributed by atoms with van der Waals surface area (Å²) in [6.07, 6.45) is 0. The number of rotatable bonds is 5. The summed E-state index contributed by atoms with van der Waals surface area (Å²) in [4.78, 5) is 3.15. The Morgan fingerprint density at radius 3 is 2.20 bits per heavy atom. The Morgan fingerprint density at radius 1 is 0.733 bits per heavy atom. The van der Waals surface area contributed by atoms with Crippen molar-refractivity contribution in [2.75, 3.05) is 52.9 Å². The van der Waals surface area contributed by atoms with Gasteiger partial charge in [0.05, 0.1) is 0 Å². The highest BCUT2D eigenvalue weighted by Crippen LogP contribution is 2.35. The van der Waals surface area contributed by atoms with E-state index >= 15 is 0 Å². The minimum absolute atomic E-state index is 0.271. The van der Waals surface area contributed by atoms with E-state index in [1.54, 1.807) is 9.80 Å². The summed E-state index contributed by atoms with van der Waals surface area (Å²) in [5.41, 5.74) is 1.30. The van der Waals surface area contributed by atoms with E-state index in [1.807, 2.05) is 24.3 Å². The average Bonchev–Trinajstić information content (AvgIpc) is 3.43.